The molecule has 3 aromatic carbocycles. The molecule has 1 heterocycles. The van der Waals surface area contributed by atoms with Gasteiger partial charge in [-0.25, -0.2) is 0 Å². The number of benzene rings is 3. The van der Waals surface area contributed by atoms with Crippen molar-refractivity contribution in [2.24, 2.45) is 5.41 Å². The zero-order chi connectivity index (χ0) is 33.6. The van der Waals surface area contributed by atoms with Gasteiger partial charge in [0.05, 0.1) is 11.4 Å². The maximum atomic E-state index is 4.83. The summed E-state index contributed by atoms with van der Waals surface area (Å²) in [6, 6.07) is 28.4. The van der Waals surface area contributed by atoms with E-state index in [9.17, 15) is 0 Å². The van der Waals surface area contributed by atoms with Gasteiger partial charge in [0.2, 0.25) is 0 Å². The fraction of sp³-hybridized carbons (Fsp3) is 0.191. The van der Waals surface area contributed by atoms with Crippen LogP contribution in [0.5, 0.6) is 0 Å². The highest BCUT2D eigenvalue weighted by molar-refractivity contribution is 5.83. The number of nitrogens with zero attached hydrogens (tertiary/aromatic N) is 1. The first-order valence-corrected chi connectivity index (χ1v) is 17.7. The van der Waals surface area contributed by atoms with Crippen LogP contribution in [0.25, 0.3) is 0 Å². The molecule has 1 aliphatic heterocycles. The average molecular weight is 639 g/mol. The summed E-state index contributed by atoms with van der Waals surface area (Å²) in [7, 11) is 0. The van der Waals surface area contributed by atoms with E-state index in [4.69, 9.17) is 6.58 Å². The molecule has 49 heavy (non-hydrogen) atoms. The lowest BCUT2D eigenvalue weighted by Gasteiger charge is -2.41. The fourth-order valence-electron chi connectivity index (χ4n) is 7.84. The van der Waals surface area contributed by atoms with Gasteiger partial charge in [0, 0.05) is 17.0 Å². The van der Waals surface area contributed by atoms with Crippen LogP contribution in [-0.2, 0) is 0 Å². The van der Waals surface area contributed by atoms with E-state index in [0.29, 0.717) is 0 Å². The van der Waals surface area contributed by atoms with E-state index in [0.717, 1.165) is 48.9 Å². The Labute approximate surface area is 293 Å². The largest absolute Gasteiger partial charge is 0.359 e. The molecule has 0 fully saturated rings. The predicted molar refractivity (Wildman–Crippen MR) is 210 cm³/mol. The van der Waals surface area contributed by atoms with E-state index in [1.165, 1.54) is 39.2 Å². The Hall–Kier alpha value is -5.34. The monoisotopic (exact) mass is 638 g/mol. The van der Waals surface area contributed by atoms with Crippen molar-refractivity contribution < 1.29 is 0 Å². The zero-order valence-electron chi connectivity index (χ0n) is 28.6. The van der Waals surface area contributed by atoms with Crippen LogP contribution < -0.4 is 10.2 Å². The number of para-hydroxylation sites is 3. The van der Waals surface area contributed by atoms with Gasteiger partial charge in [0.1, 0.15) is 6.17 Å². The first-order valence-electron chi connectivity index (χ1n) is 17.7. The van der Waals surface area contributed by atoms with Crippen molar-refractivity contribution >= 4 is 17.1 Å². The van der Waals surface area contributed by atoms with Gasteiger partial charge in [-0.15, -0.1) is 0 Å². The predicted octanol–water partition coefficient (Wildman–Crippen LogP) is 12.7. The molecule has 0 saturated heterocycles. The van der Waals surface area contributed by atoms with E-state index in [1.807, 2.05) is 0 Å². The molecule has 0 bridgehead atoms. The van der Waals surface area contributed by atoms with Crippen LogP contribution in [0.3, 0.4) is 0 Å². The average Bonchev–Trinajstić information content (AvgIpc) is 3.53. The highest BCUT2D eigenvalue weighted by atomic mass is 15.3. The number of anilines is 3. The lowest BCUT2D eigenvalue weighted by atomic mass is 9.62. The maximum Gasteiger partial charge on any atom is 0.130 e. The molecular weight excluding hydrogens is 593 g/mol. The summed E-state index contributed by atoms with van der Waals surface area (Å²) in [6.45, 7) is 11.6. The van der Waals surface area contributed by atoms with Gasteiger partial charge >= 0.3 is 0 Å². The molecule has 7 rings (SSSR count). The number of fused-ring (bicyclic) bond motifs is 2. The van der Waals surface area contributed by atoms with Crippen molar-refractivity contribution in [3.05, 3.63) is 210 Å². The molecule has 3 unspecified atom stereocenters. The molecule has 2 nitrogen and oxygen atoms in total. The van der Waals surface area contributed by atoms with Crippen LogP contribution in [0.15, 0.2) is 199 Å². The summed E-state index contributed by atoms with van der Waals surface area (Å²) in [6.07, 6.45) is 34.3. The molecule has 2 heteroatoms. The minimum atomic E-state index is -0.309. The Morgan fingerprint density at radius 2 is 1.51 bits per heavy atom. The summed E-state index contributed by atoms with van der Waals surface area (Å²) < 4.78 is 0. The fourth-order valence-corrected chi connectivity index (χ4v) is 7.84. The zero-order valence-corrected chi connectivity index (χ0v) is 28.6. The summed E-state index contributed by atoms with van der Waals surface area (Å²) in [5.74, 6) is 0.108. The number of hydrogen-bond acceptors (Lipinski definition) is 2. The third kappa shape index (κ3) is 6.44. The first-order chi connectivity index (χ1) is 24.1. The smallest absolute Gasteiger partial charge is 0.130 e. The van der Waals surface area contributed by atoms with Crippen molar-refractivity contribution in [3.63, 3.8) is 0 Å². The summed E-state index contributed by atoms with van der Waals surface area (Å²) in [5, 5.41) is 3.78. The molecule has 0 saturated carbocycles. The van der Waals surface area contributed by atoms with Crippen LogP contribution in [0, 0.1) is 5.41 Å². The molecule has 244 valence electrons. The standard InChI is InChI=1S/C47H46N2/c1-35-19-17-18-34-47(43-25-14-13-24-42(35)43)36(2)20-9-6-4-5-7-10-21-38(29-28-37(47)3)39-30-32-40(33-31-39)46-48-44-26-15-16-27-45(44)49(46)41-22-11-8-12-23-41/h4-6,8-12,14-17,19-23,25-33,38,46,48H,1,3,7,13,18,24,34H2,2H3/b5-4+,9-6-,19-17-,21-10?,29-28-,36-20+. The minimum absolute atomic E-state index is 0.00524. The van der Waals surface area contributed by atoms with E-state index in [-0.39, 0.29) is 17.5 Å². The van der Waals surface area contributed by atoms with Crippen LogP contribution in [0.1, 0.15) is 62.2 Å². The third-order valence-electron chi connectivity index (χ3n) is 10.5. The van der Waals surface area contributed by atoms with E-state index >= 15 is 0 Å². The number of allylic oxidation sites excluding steroid dienone is 18. The van der Waals surface area contributed by atoms with Gasteiger partial charge in [-0.2, -0.15) is 0 Å². The van der Waals surface area contributed by atoms with Gasteiger partial charge in [-0.05, 0) is 96.7 Å². The molecule has 1 spiro atoms. The van der Waals surface area contributed by atoms with Gasteiger partial charge in [-0.1, -0.05) is 152 Å². The molecular formula is C47H46N2. The number of nitrogens with one attached hydrogen (secondary N) is 1. The quantitative estimate of drug-likeness (QED) is 0.287. The highest BCUT2D eigenvalue weighted by Crippen LogP contribution is 2.52. The number of hydrogen-bond donors (Lipinski definition) is 1. The molecule has 0 aromatic heterocycles. The van der Waals surface area contributed by atoms with Crippen molar-refractivity contribution in [1.29, 1.82) is 0 Å². The van der Waals surface area contributed by atoms with Crippen LogP contribution >= 0.6 is 0 Å². The third-order valence-corrected chi connectivity index (χ3v) is 10.5. The Balaban J connectivity index is 1.25. The Kier molecular flexibility index (Phi) is 9.48. The molecule has 0 amide bonds. The second-order valence-corrected chi connectivity index (χ2v) is 13.4. The Morgan fingerprint density at radius 3 is 2.37 bits per heavy atom. The molecule has 3 aromatic rings. The Bertz CT molecular complexity index is 1960. The SMILES string of the molecule is C=C1/C=C\CCC2(C(=C)/C=C\C(c3ccc(C4Nc5ccccc5N4c4ccccc4)cc3)C=CC/C=C/C=C\C=C\2C)C2=C1CCC=C2. The summed E-state index contributed by atoms with van der Waals surface area (Å²) in [5.41, 5.74) is 12.0. The Morgan fingerprint density at radius 1 is 0.735 bits per heavy atom. The normalized spacial score (nSPS) is 27.5. The minimum Gasteiger partial charge on any atom is -0.359 e. The summed E-state index contributed by atoms with van der Waals surface area (Å²) >= 11 is 0. The molecule has 4 aliphatic rings. The second-order valence-electron chi connectivity index (χ2n) is 13.4. The molecule has 1 N–H and O–H groups in total. The van der Waals surface area contributed by atoms with Crippen molar-refractivity contribution in [1.82, 2.24) is 0 Å². The van der Waals surface area contributed by atoms with Crippen LogP contribution in [0.2, 0.25) is 0 Å². The van der Waals surface area contributed by atoms with Gasteiger partial charge in [-0.3, -0.25) is 0 Å². The molecule has 0 radical (unpaired) electrons. The van der Waals surface area contributed by atoms with Crippen LogP contribution in [-0.4, -0.2) is 0 Å². The topological polar surface area (TPSA) is 15.3 Å². The molecule has 3 atom stereocenters. The van der Waals surface area contributed by atoms with E-state index < -0.39 is 0 Å². The lowest BCUT2D eigenvalue weighted by molar-refractivity contribution is 0.484. The van der Waals surface area contributed by atoms with E-state index in [2.05, 4.69) is 182 Å². The number of rotatable bonds is 3. The van der Waals surface area contributed by atoms with Gasteiger partial charge in [0.25, 0.3) is 0 Å². The van der Waals surface area contributed by atoms with Crippen molar-refractivity contribution in [2.45, 2.75) is 51.1 Å². The highest BCUT2D eigenvalue weighted by Gasteiger charge is 2.39. The van der Waals surface area contributed by atoms with E-state index in [1.54, 1.807) is 0 Å². The lowest BCUT2D eigenvalue weighted by Crippen LogP contribution is -2.29. The maximum absolute atomic E-state index is 4.83. The summed E-state index contributed by atoms with van der Waals surface area (Å²) in [4.78, 5) is 2.40. The van der Waals surface area contributed by atoms with Crippen LogP contribution in [0.4, 0.5) is 17.1 Å². The molecule has 3 aliphatic carbocycles. The van der Waals surface area contributed by atoms with Crippen molar-refractivity contribution in [3.8, 4) is 0 Å². The first kappa shape index (κ1) is 32.2. The van der Waals surface area contributed by atoms with Crippen molar-refractivity contribution in [2.75, 3.05) is 10.2 Å². The second kappa shape index (κ2) is 14.4. The van der Waals surface area contributed by atoms with Gasteiger partial charge in [0.15, 0.2) is 0 Å². The van der Waals surface area contributed by atoms with Gasteiger partial charge < -0.3 is 10.2 Å².